The van der Waals surface area contributed by atoms with Crippen molar-refractivity contribution >= 4 is 6.29 Å². The quantitative estimate of drug-likeness (QED) is 0.788. The van der Waals surface area contributed by atoms with Gasteiger partial charge in [0, 0.05) is 5.56 Å². The lowest BCUT2D eigenvalue weighted by Crippen LogP contribution is -2.04. The summed E-state index contributed by atoms with van der Waals surface area (Å²) in [5, 5.41) is 0. The average Bonchev–Trinajstić information content (AvgIpc) is 2.40. The highest BCUT2D eigenvalue weighted by atomic mass is 16.5. The first-order valence-corrected chi connectivity index (χ1v) is 6.21. The molecule has 1 aromatic heterocycles. The second kappa shape index (κ2) is 5.61. The summed E-state index contributed by atoms with van der Waals surface area (Å²) in [5.74, 6) is 1.69. The Morgan fingerprint density at radius 3 is 2.42 bits per heavy atom. The lowest BCUT2D eigenvalue weighted by atomic mass is 10.2. The number of hydrogen-bond acceptors (Lipinski definition) is 4. The van der Waals surface area contributed by atoms with Crippen LogP contribution in [0.1, 0.15) is 34.4 Å². The third kappa shape index (κ3) is 2.96. The molecular formula is C15H16N2O2. The van der Waals surface area contributed by atoms with Gasteiger partial charge in [0.2, 0.25) is 5.88 Å². The van der Waals surface area contributed by atoms with Crippen LogP contribution in [-0.2, 0) is 6.42 Å². The zero-order valence-electron chi connectivity index (χ0n) is 11.3. The van der Waals surface area contributed by atoms with E-state index in [4.69, 9.17) is 4.74 Å². The molecule has 4 heteroatoms. The van der Waals surface area contributed by atoms with Crippen molar-refractivity contribution in [3.63, 3.8) is 0 Å². The van der Waals surface area contributed by atoms with E-state index in [-0.39, 0.29) is 0 Å². The number of benzene rings is 1. The molecule has 0 bridgehead atoms. The molecule has 0 aliphatic rings. The Hall–Kier alpha value is -2.23. The predicted molar refractivity (Wildman–Crippen MR) is 72.8 cm³/mol. The lowest BCUT2D eigenvalue weighted by molar-refractivity contribution is 0.111. The van der Waals surface area contributed by atoms with E-state index in [0.29, 0.717) is 29.6 Å². The minimum absolute atomic E-state index is 0.400. The molecule has 0 saturated carbocycles. The van der Waals surface area contributed by atoms with Crippen LogP contribution >= 0.6 is 0 Å². The van der Waals surface area contributed by atoms with E-state index in [1.165, 1.54) is 0 Å². The van der Waals surface area contributed by atoms with Crippen LogP contribution in [0.4, 0.5) is 0 Å². The number of aromatic nitrogens is 2. The SMILES string of the molecule is CCc1c(C=O)nc(C)nc1Oc1ccc(C)cc1. The number of carbonyl (C=O) groups excluding carboxylic acids is 1. The molecule has 0 spiro atoms. The molecular weight excluding hydrogens is 240 g/mol. The summed E-state index contributed by atoms with van der Waals surface area (Å²) < 4.78 is 5.77. The maximum Gasteiger partial charge on any atom is 0.226 e. The van der Waals surface area contributed by atoms with E-state index >= 15 is 0 Å². The van der Waals surface area contributed by atoms with Crippen molar-refractivity contribution in [2.24, 2.45) is 0 Å². The second-order valence-electron chi connectivity index (χ2n) is 4.33. The van der Waals surface area contributed by atoms with Gasteiger partial charge in [-0.15, -0.1) is 0 Å². The highest BCUT2D eigenvalue weighted by Gasteiger charge is 2.13. The lowest BCUT2D eigenvalue weighted by Gasteiger charge is -2.11. The maximum atomic E-state index is 11.0. The van der Waals surface area contributed by atoms with Gasteiger partial charge in [0.25, 0.3) is 0 Å². The third-order valence-corrected chi connectivity index (χ3v) is 2.81. The fourth-order valence-corrected chi connectivity index (χ4v) is 1.82. The molecule has 0 N–H and O–H groups in total. The molecule has 98 valence electrons. The zero-order valence-corrected chi connectivity index (χ0v) is 11.3. The Morgan fingerprint density at radius 1 is 1.16 bits per heavy atom. The molecule has 1 aromatic carbocycles. The first-order chi connectivity index (χ1) is 9.13. The molecule has 0 aliphatic heterocycles. The number of aldehydes is 1. The van der Waals surface area contributed by atoms with Crippen LogP contribution < -0.4 is 4.74 Å². The Labute approximate surface area is 112 Å². The summed E-state index contributed by atoms with van der Waals surface area (Å²) >= 11 is 0. The van der Waals surface area contributed by atoms with Crippen LogP contribution in [0.3, 0.4) is 0 Å². The van der Waals surface area contributed by atoms with E-state index in [2.05, 4.69) is 9.97 Å². The minimum atomic E-state index is 0.400. The highest BCUT2D eigenvalue weighted by molar-refractivity contribution is 5.75. The summed E-state index contributed by atoms with van der Waals surface area (Å²) in [5.41, 5.74) is 2.30. The van der Waals surface area contributed by atoms with Crippen LogP contribution in [0.25, 0.3) is 0 Å². The van der Waals surface area contributed by atoms with Crippen molar-refractivity contribution in [1.29, 1.82) is 0 Å². The van der Waals surface area contributed by atoms with E-state index < -0.39 is 0 Å². The summed E-state index contributed by atoms with van der Waals surface area (Å²) in [6.07, 6.45) is 1.39. The van der Waals surface area contributed by atoms with Crippen LogP contribution in [0.15, 0.2) is 24.3 Å². The molecule has 1 heterocycles. The molecule has 2 aromatic rings. The molecule has 0 atom stereocenters. The van der Waals surface area contributed by atoms with Crippen LogP contribution in [-0.4, -0.2) is 16.3 Å². The van der Waals surface area contributed by atoms with E-state index in [9.17, 15) is 4.79 Å². The van der Waals surface area contributed by atoms with Crippen LogP contribution in [0.5, 0.6) is 11.6 Å². The van der Waals surface area contributed by atoms with E-state index in [1.807, 2.05) is 38.1 Å². The summed E-state index contributed by atoms with van der Waals surface area (Å²) in [6, 6.07) is 7.70. The summed E-state index contributed by atoms with van der Waals surface area (Å²) in [4.78, 5) is 19.4. The number of ether oxygens (including phenoxy) is 1. The van der Waals surface area contributed by atoms with Crippen molar-refractivity contribution in [2.45, 2.75) is 27.2 Å². The Balaban J connectivity index is 2.41. The van der Waals surface area contributed by atoms with Gasteiger partial charge in [-0.1, -0.05) is 24.6 Å². The van der Waals surface area contributed by atoms with Gasteiger partial charge >= 0.3 is 0 Å². The first kappa shape index (κ1) is 13.2. The number of nitrogens with zero attached hydrogens (tertiary/aromatic N) is 2. The van der Waals surface area contributed by atoms with Gasteiger partial charge in [0.1, 0.15) is 17.3 Å². The third-order valence-electron chi connectivity index (χ3n) is 2.81. The molecule has 0 radical (unpaired) electrons. The van der Waals surface area contributed by atoms with Gasteiger partial charge in [-0.05, 0) is 32.4 Å². The normalized spacial score (nSPS) is 10.3. The first-order valence-electron chi connectivity index (χ1n) is 6.21. The maximum absolute atomic E-state index is 11.0. The smallest absolute Gasteiger partial charge is 0.226 e. The van der Waals surface area contributed by atoms with E-state index in [0.717, 1.165) is 17.4 Å². The molecule has 0 fully saturated rings. The Morgan fingerprint density at radius 2 is 1.84 bits per heavy atom. The molecule has 19 heavy (non-hydrogen) atoms. The standard InChI is InChI=1S/C15H16N2O2/c1-4-13-14(9-18)16-11(3)17-15(13)19-12-7-5-10(2)6-8-12/h5-9H,4H2,1-3H3. The zero-order chi connectivity index (χ0) is 13.8. The topological polar surface area (TPSA) is 52.1 Å². The van der Waals surface area contributed by atoms with Gasteiger partial charge in [-0.25, -0.2) is 4.98 Å². The molecule has 0 amide bonds. The second-order valence-corrected chi connectivity index (χ2v) is 4.33. The molecule has 0 aliphatic carbocycles. The van der Waals surface area contributed by atoms with Gasteiger partial charge in [0.15, 0.2) is 6.29 Å². The van der Waals surface area contributed by atoms with Crippen molar-refractivity contribution < 1.29 is 9.53 Å². The van der Waals surface area contributed by atoms with Crippen molar-refractivity contribution in [3.8, 4) is 11.6 Å². The molecule has 0 saturated heterocycles. The van der Waals surface area contributed by atoms with Crippen molar-refractivity contribution in [3.05, 3.63) is 46.9 Å². The summed E-state index contributed by atoms with van der Waals surface area (Å²) in [6.45, 7) is 5.71. The molecule has 4 nitrogen and oxygen atoms in total. The molecule has 2 rings (SSSR count). The number of rotatable bonds is 4. The predicted octanol–water partition coefficient (Wildman–Crippen LogP) is 3.26. The number of aryl methyl sites for hydroxylation is 2. The Bertz CT molecular complexity index is 592. The average molecular weight is 256 g/mol. The van der Waals surface area contributed by atoms with Crippen LogP contribution in [0, 0.1) is 13.8 Å². The minimum Gasteiger partial charge on any atom is -0.439 e. The molecule has 0 unspecified atom stereocenters. The monoisotopic (exact) mass is 256 g/mol. The van der Waals surface area contributed by atoms with Gasteiger partial charge < -0.3 is 4.74 Å². The van der Waals surface area contributed by atoms with Crippen LogP contribution in [0.2, 0.25) is 0 Å². The van der Waals surface area contributed by atoms with E-state index in [1.54, 1.807) is 6.92 Å². The largest absolute Gasteiger partial charge is 0.439 e. The number of carbonyl (C=O) groups is 1. The highest BCUT2D eigenvalue weighted by Crippen LogP contribution is 2.25. The fraction of sp³-hybridized carbons (Fsp3) is 0.267. The van der Waals surface area contributed by atoms with Gasteiger partial charge in [-0.2, -0.15) is 4.98 Å². The van der Waals surface area contributed by atoms with Gasteiger partial charge in [0.05, 0.1) is 0 Å². The van der Waals surface area contributed by atoms with Crippen molar-refractivity contribution in [2.75, 3.05) is 0 Å². The number of hydrogen-bond donors (Lipinski definition) is 0. The Kier molecular flexibility index (Phi) is 3.90. The summed E-state index contributed by atoms with van der Waals surface area (Å²) in [7, 11) is 0. The van der Waals surface area contributed by atoms with Gasteiger partial charge in [-0.3, -0.25) is 4.79 Å². The fourth-order valence-electron chi connectivity index (χ4n) is 1.82. The van der Waals surface area contributed by atoms with Crippen molar-refractivity contribution in [1.82, 2.24) is 9.97 Å².